The predicted molar refractivity (Wildman–Crippen MR) is 95.1 cm³/mol. The zero-order valence-corrected chi connectivity index (χ0v) is 13.3. The van der Waals surface area contributed by atoms with E-state index in [1.54, 1.807) is 4.68 Å². The average molecular weight is 315 g/mol. The topological polar surface area (TPSA) is 55.6 Å². The molecule has 24 heavy (non-hydrogen) atoms. The van der Waals surface area contributed by atoms with E-state index < -0.39 is 0 Å². The first-order chi connectivity index (χ1) is 11.8. The number of nitrogens with zero attached hydrogens (tertiary/aromatic N) is 4. The van der Waals surface area contributed by atoms with Gasteiger partial charge in [0, 0.05) is 0 Å². The van der Waals surface area contributed by atoms with Gasteiger partial charge in [0.25, 0.3) is 0 Å². The lowest BCUT2D eigenvalue weighted by atomic mass is 10.0. The molecular weight excluding hydrogens is 298 g/mol. The first-order valence-corrected chi connectivity index (χ1v) is 7.90. The monoisotopic (exact) mass is 315 g/mol. The second-order valence-corrected chi connectivity index (χ2v) is 5.72. The Morgan fingerprint density at radius 2 is 1.62 bits per heavy atom. The summed E-state index contributed by atoms with van der Waals surface area (Å²) in [4.78, 5) is 0. The third kappa shape index (κ3) is 2.72. The van der Waals surface area contributed by atoms with Crippen molar-refractivity contribution in [2.24, 2.45) is 0 Å². The molecular formula is C19H17N5. The summed E-state index contributed by atoms with van der Waals surface area (Å²) >= 11 is 0. The smallest absolute Gasteiger partial charge is 0.248 e. The van der Waals surface area contributed by atoms with E-state index in [0.717, 1.165) is 5.69 Å². The molecule has 3 aromatic carbocycles. The Kier molecular flexibility index (Phi) is 3.67. The van der Waals surface area contributed by atoms with Gasteiger partial charge < -0.3 is 5.32 Å². The first-order valence-electron chi connectivity index (χ1n) is 7.90. The van der Waals surface area contributed by atoms with Crippen molar-refractivity contribution in [1.82, 2.24) is 20.2 Å². The van der Waals surface area contributed by atoms with Gasteiger partial charge in [-0.15, -0.1) is 0 Å². The third-order valence-electron chi connectivity index (χ3n) is 4.09. The molecule has 0 bridgehead atoms. The molecule has 0 fully saturated rings. The van der Waals surface area contributed by atoms with Crippen molar-refractivity contribution in [3.05, 3.63) is 78.4 Å². The molecule has 5 heteroatoms. The van der Waals surface area contributed by atoms with Crippen molar-refractivity contribution >= 4 is 16.7 Å². The van der Waals surface area contributed by atoms with Gasteiger partial charge in [-0.25, -0.2) is 0 Å². The number of anilines is 1. The first kappa shape index (κ1) is 14.4. The van der Waals surface area contributed by atoms with Crippen LogP contribution in [-0.4, -0.2) is 20.2 Å². The summed E-state index contributed by atoms with van der Waals surface area (Å²) in [5, 5.41) is 17.8. The molecule has 1 heterocycles. The van der Waals surface area contributed by atoms with Crippen molar-refractivity contribution in [2.45, 2.75) is 13.0 Å². The summed E-state index contributed by atoms with van der Waals surface area (Å²) in [6, 6.07) is 24.8. The van der Waals surface area contributed by atoms with Gasteiger partial charge in [0.15, 0.2) is 0 Å². The van der Waals surface area contributed by atoms with Gasteiger partial charge in [0.1, 0.15) is 0 Å². The fourth-order valence-electron chi connectivity index (χ4n) is 2.77. The number of hydrogen-bond donors (Lipinski definition) is 1. The fourth-order valence-corrected chi connectivity index (χ4v) is 2.77. The summed E-state index contributed by atoms with van der Waals surface area (Å²) in [5.41, 5.74) is 2.12. The number of fused-ring (bicyclic) bond motifs is 1. The Morgan fingerprint density at radius 3 is 2.46 bits per heavy atom. The highest BCUT2D eigenvalue weighted by atomic mass is 15.6. The van der Waals surface area contributed by atoms with Gasteiger partial charge in [-0.05, 0) is 51.9 Å². The van der Waals surface area contributed by atoms with Crippen LogP contribution in [0.1, 0.15) is 18.5 Å². The Labute approximate surface area is 139 Å². The van der Waals surface area contributed by atoms with Crippen LogP contribution in [0.4, 0.5) is 5.95 Å². The third-order valence-corrected chi connectivity index (χ3v) is 4.09. The van der Waals surface area contributed by atoms with E-state index in [1.165, 1.54) is 16.3 Å². The van der Waals surface area contributed by atoms with Gasteiger partial charge in [-0.2, -0.15) is 4.68 Å². The van der Waals surface area contributed by atoms with E-state index in [-0.39, 0.29) is 6.04 Å². The largest absolute Gasteiger partial charge is 0.346 e. The molecule has 0 spiro atoms. The molecule has 0 saturated heterocycles. The Bertz CT molecular complexity index is 962. The van der Waals surface area contributed by atoms with E-state index in [1.807, 2.05) is 30.3 Å². The molecule has 118 valence electrons. The molecule has 1 atom stereocenters. The average Bonchev–Trinajstić information content (AvgIpc) is 3.10. The van der Waals surface area contributed by atoms with E-state index in [4.69, 9.17) is 0 Å². The number of benzene rings is 3. The predicted octanol–water partition coefficient (Wildman–Crippen LogP) is 3.99. The Morgan fingerprint density at radius 1 is 0.875 bits per heavy atom. The lowest BCUT2D eigenvalue weighted by molar-refractivity contribution is 0.781. The minimum absolute atomic E-state index is 0.0862. The van der Waals surface area contributed by atoms with Crippen LogP contribution >= 0.6 is 0 Å². The minimum Gasteiger partial charge on any atom is -0.346 e. The molecule has 0 amide bonds. The number of tetrazole rings is 1. The fraction of sp³-hybridized carbons (Fsp3) is 0.105. The molecule has 1 aromatic heterocycles. The normalized spacial score (nSPS) is 12.2. The summed E-state index contributed by atoms with van der Waals surface area (Å²) in [6.45, 7) is 2.11. The van der Waals surface area contributed by atoms with Crippen molar-refractivity contribution in [2.75, 3.05) is 5.32 Å². The Hall–Kier alpha value is -3.21. The maximum absolute atomic E-state index is 4.11. The molecule has 0 radical (unpaired) electrons. The number of rotatable bonds is 4. The van der Waals surface area contributed by atoms with Crippen LogP contribution in [0.5, 0.6) is 0 Å². The Balaban J connectivity index is 1.62. The highest BCUT2D eigenvalue weighted by Crippen LogP contribution is 2.23. The molecule has 0 aliphatic heterocycles. The summed E-state index contributed by atoms with van der Waals surface area (Å²) in [7, 11) is 0. The van der Waals surface area contributed by atoms with Gasteiger partial charge in [0.05, 0.1) is 11.7 Å². The SMILES string of the molecule is C[C@H](Nc1nnnn1-c1ccccc1)c1ccc2ccccc2c1. The molecule has 0 unspecified atom stereocenters. The van der Waals surface area contributed by atoms with Crippen LogP contribution < -0.4 is 5.32 Å². The summed E-state index contributed by atoms with van der Waals surface area (Å²) < 4.78 is 1.71. The molecule has 1 N–H and O–H groups in total. The zero-order valence-electron chi connectivity index (χ0n) is 13.3. The van der Waals surface area contributed by atoms with Gasteiger partial charge in [-0.1, -0.05) is 59.7 Å². The second kappa shape index (κ2) is 6.12. The lowest BCUT2D eigenvalue weighted by Crippen LogP contribution is -2.11. The molecule has 0 aliphatic rings. The van der Waals surface area contributed by atoms with Gasteiger partial charge >= 0.3 is 0 Å². The molecule has 4 aromatic rings. The van der Waals surface area contributed by atoms with E-state index >= 15 is 0 Å². The van der Waals surface area contributed by atoms with Gasteiger partial charge in [-0.3, -0.25) is 0 Å². The molecule has 0 aliphatic carbocycles. The highest BCUT2D eigenvalue weighted by Gasteiger charge is 2.12. The van der Waals surface area contributed by atoms with Crippen LogP contribution in [0.2, 0.25) is 0 Å². The van der Waals surface area contributed by atoms with E-state index in [0.29, 0.717) is 5.95 Å². The summed E-state index contributed by atoms with van der Waals surface area (Å²) in [6.07, 6.45) is 0. The van der Waals surface area contributed by atoms with Crippen LogP contribution in [0, 0.1) is 0 Å². The van der Waals surface area contributed by atoms with Crippen LogP contribution in [0.25, 0.3) is 16.5 Å². The van der Waals surface area contributed by atoms with Crippen molar-refractivity contribution in [3.63, 3.8) is 0 Å². The quantitative estimate of drug-likeness (QED) is 0.619. The van der Waals surface area contributed by atoms with Crippen LogP contribution in [0.3, 0.4) is 0 Å². The number of nitrogens with one attached hydrogen (secondary N) is 1. The maximum atomic E-state index is 4.11. The highest BCUT2D eigenvalue weighted by molar-refractivity contribution is 5.83. The number of hydrogen-bond acceptors (Lipinski definition) is 4. The van der Waals surface area contributed by atoms with E-state index in [9.17, 15) is 0 Å². The van der Waals surface area contributed by atoms with Crippen LogP contribution in [-0.2, 0) is 0 Å². The standard InChI is InChI=1S/C19H17N5/c1-14(16-12-11-15-7-5-6-8-17(15)13-16)20-19-21-22-23-24(19)18-9-3-2-4-10-18/h2-14H,1H3,(H,20,21,23)/t14-/m0/s1. The van der Waals surface area contributed by atoms with E-state index in [2.05, 4.69) is 70.2 Å². The lowest BCUT2D eigenvalue weighted by Gasteiger charge is -2.15. The minimum atomic E-state index is 0.0862. The van der Waals surface area contributed by atoms with Crippen molar-refractivity contribution < 1.29 is 0 Å². The molecule has 5 nitrogen and oxygen atoms in total. The number of para-hydroxylation sites is 1. The van der Waals surface area contributed by atoms with Crippen molar-refractivity contribution in [3.8, 4) is 5.69 Å². The van der Waals surface area contributed by atoms with Crippen molar-refractivity contribution in [1.29, 1.82) is 0 Å². The molecule has 4 rings (SSSR count). The zero-order chi connectivity index (χ0) is 16.4. The molecule has 0 saturated carbocycles. The second-order valence-electron chi connectivity index (χ2n) is 5.72. The maximum Gasteiger partial charge on any atom is 0.248 e. The summed E-state index contributed by atoms with van der Waals surface area (Å²) in [5.74, 6) is 0.627. The number of aromatic nitrogens is 4. The van der Waals surface area contributed by atoms with Gasteiger partial charge in [0.2, 0.25) is 5.95 Å². The van der Waals surface area contributed by atoms with Crippen LogP contribution in [0.15, 0.2) is 72.8 Å².